The molecule has 0 radical (unpaired) electrons. The van der Waals surface area contributed by atoms with Crippen LogP contribution in [-0.2, 0) is 6.42 Å². The van der Waals surface area contributed by atoms with Gasteiger partial charge in [-0.1, -0.05) is 36.4 Å². The van der Waals surface area contributed by atoms with Crippen LogP contribution >= 0.6 is 0 Å². The molecule has 1 atom stereocenters. The van der Waals surface area contributed by atoms with Crippen molar-refractivity contribution in [1.82, 2.24) is 9.80 Å². The van der Waals surface area contributed by atoms with E-state index in [0.29, 0.717) is 5.56 Å². The Bertz CT molecular complexity index is 775. The van der Waals surface area contributed by atoms with Crippen LogP contribution in [0.5, 0.6) is 5.75 Å². The van der Waals surface area contributed by atoms with Crippen molar-refractivity contribution in [2.45, 2.75) is 38.6 Å². The predicted octanol–water partition coefficient (Wildman–Crippen LogP) is 4.17. The largest absolute Gasteiger partial charge is 0.496 e. The Morgan fingerprint density at radius 1 is 1.21 bits per heavy atom. The number of piperidine rings is 1. The quantitative estimate of drug-likeness (QED) is 0.723. The van der Waals surface area contributed by atoms with Gasteiger partial charge in [-0.05, 0) is 69.0 Å². The number of nitrogens with zero attached hydrogens (tertiary/aromatic N) is 2. The summed E-state index contributed by atoms with van der Waals surface area (Å²) in [7, 11) is 3.58. The molecular weight excluding hydrogens is 348 g/mol. The Balaban J connectivity index is 1.54. The highest BCUT2D eigenvalue weighted by Crippen LogP contribution is 2.22. The van der Waals surface area contributed by atoms with Crippen molar-refractivity contribution >= 4 is 5.91 Å². The van der Waals surface area contributed by atoms with E-state index in [1.807, 2.05) is 37.1 Å². The first kappa shape index (κ1) is 20.4. The molecule has 4 heteroatoms. The van der Waals surface area contributed by atoms with Gasteiger partial charge in [-0.25, -0.2) is 0 Å². The van der Waals surface area contributed by atoms with Gasteiger partial charge in [0.05, 0.1) is 7.11 Å². The molecule has 1 aliphatic heterocycles. The average molecular weight is 381 g/mol. The molecule has 1 saturated heterocycles. The zero-order chi connectivity index (χ0) is 19.9. The molecular formula is C24H32N2O2. The van der Waals surface area contributed by atoms with Gasteiger partial charge in [-0.2, -0.15) is 0 Å². The van der Waals surface area contributed by atoms with Crippen LogP contribution in [0.3, 0.4) is 0 Å². The summed E-state index contributed by atoms with van der Waals surface area (Å²) in [5.74, 6) is 0.847. The number of ether oxygens (including phenoxy) is 1. The van der Waals surface area contributed by atoms with E-state index in [4.69, 9.17) is 4.74 Å². The lowest BCUT2D eigenvalue weighted by Gasteiger charge is -2.37. The van der Waals surface area contributed by atoms with Gasteiger partial charge in [0.25, 0.3) is 5.91 Å². The molecule has 1 aliphatic rings. The highest BCUT2D eigenvalue weighted by Gasteiger charge is 2.26. The van der Waals surface area contributed by atoms with E-state index in [1.54, 1.807) is 7.11 Å². The second-order valence-electron chi connectivity index (χ2n) is 7.79. The molecule has 0 unspecified atom stereocenters. The van der Waals surface area contributed by atoms with Gasteiger partial charge in [-0.15, -0.1) is 0 Å². The highest BCUT2D eigenvalue weighted by molar-refractivity contribution is 5.94. The Morgan fingerprint density at radius 3 is 2.75 bits per heavy atom. The van der Waals surface area contributed by atoms with Crippen LogP contribution in [0.2, 0.25) is 0 Å². The third-order valence-electron chi connectivity index (χ3n) is 5.79. The van der Waals surface area contributed by atoms with Crippen LogP contribution in [0.1, 0.15) is 40.7 Å². The molecule has 1 amide bonds. The van der Waals surface area contributed by atoms with Gasteiger partial charge in [-0.3, -0.25) is 4.79 Å². The van der Waals surface area contributed by atoms with E-state index in [9.17, 15) is 4.79 Å². The fourth-order valence-corrected chi connectivity index (χ4v) is 4.02. The van der Waals surface area contributed by atoms with Crippen LogP contribution in [0, 0.1) is 6.92 Å². The van der Waals surface area contributed by atoms with Gasteiger partial charge in [0, 0.05) is 25.2 Å². The number of likely N-dealkylation sites (tertiary alicyclic amines) is 1. The number of hydrogen-bond donors (Lipinski definition) is 0. The van der Waals surface area contributed by atoms with Gasteiger partial charge in [0.2, 0.25) is 0 Å². The van der Waals surface area contributed by atoms with Gasteiger partial charge in [0.15, 0.2) is 0 Å². The molecule has 4 nitrogen and oxygen atoms in total. The second kappa shape index (κ2) is 9.74. The summed E-state index contributed by atoms with van der Waals surface area (Å²) in [6.07, 6.45) is 4.48. The molecule has 0 saturated carbocycles. The molecule has 0 aromatic heterocycles. The third kappa shape index (κ3) is 5.14. The Labute approximate surface area is 169 Å². The maximum absolute atomic E-state index is 13.0. The van der Waals surface area contributed by atoms with E-state index < -0.39 is 0 Å². The smallest absolute Gasteiger partial charge is 0.254 e. The fourth-order valence-electron chi connectivity index (χ4n) is 4.02. The van der Waals surface area contributed by atoms with Gasteiger partial charge >= 0.3 is 0 Å². The maximum atomic E-state index is 13.0. The first-order valence-corrected chi connectivity index (χ1v) is 10.3. The average Bonchev–Trinajstić information content (AvgIpc) is 2.74. The van der Waals surface area contributed by atoms with Crippen molar-refractivity contribution in [3.63, 3.8) is 0 Å². The van der Waals surface area contributed by atoms with E-state index in [-0.39, 0.29) is 11.9 Å². The topological polar surface area (TPSA) is 32.8 Å². The SMILES string of the molecule is COc1cc(C(=O)N(C)[C@@H]2CCCN(CCCc3ccccc3)C2)ccc1C. The van der Waals surface area contributed by atoms with Crippen LogP contribution in [0.25, 0.3) is 0 Å². The molecule has 3 rings (SSSR count). The van der Waals surface area contributed by atoms with Gasteiger partial charge < -0.3 is 14.5 Å². The van der Waals surface area contributed by atoms with E-state index >= 15 is 0 Å². The number of hydrogen-bond acceptors (Lipinski definition) is 3. The summed E-state index contributed by atoms with van der Waals surface area (Å²) < 4.78 is 5.38. The number of carbonyl (C=O) groups is 1. The van der Waals surface area contributed by atoms with Crippen molar-refractivity contribution < 1.29 is 9.53 Å². The number of amides is 1. The zero-order valence-corrected chi connectivity index (χ0v) is 17.4. The lowest BCUT2D eigenvalue weighted by Crippen LogP contribution is -2.48. The van der Waals surface area contributed by atoms with Crippen LogP contribution in [-0.4, -0.2) is 55.5 Å². The minimum Gasteiger partial charge on any atom is -0.496 e. The lowest BCUT2D eigenvalue weighted by atomic mass is 10.0. The van der Waals surface area contributed by atoms with E-state index in [1.165, 1.54) is 5.56 Å². The third-order valence-corrected chi connectivity index (χ3v) is 5.79. The number of likely N-dealkylation sites (N-methyl/N-ethyl adjacent to an activating group) is 1. The molecule has 0 N–H and O–H groups in total. The number of methoxy groups -OCH3 is 1. The highest BCUT2D eigenvalue weighted by atomic mass is 16.5. The van der Waals surface area contributed by atoms with Crippen LogP contribution < -0.4 is 4.74 Å². The zero-order valence-electron chi connectivity index (χ0n) is 17.4. The number of carbonyl (C=O) groups excluding carboxylic acids is 1. The standard InChI is InChI=1S/C24H32N2O2/c1-19-13-14-21(17-23(19)28-3)24(27)25(2)22-12-8-16-26(18-22)15-7-11-20-9-5-4-6-10-20/h4-6,9-10,13-14,17,22H,7-8,11-12,15-16,18H2,1-3H3/t22-/m1/s1. The van der Waals surface area contributed by atoms with Crippen molar-refractivity contribution in [2.24, 2.45) is 0 Å². The van der Waals surface area contributed by atoms with Crippen molar-refractivity contribution in [3.05, 3.63) is 65.2 Å². The minimum atomic E-state index is 0.0782. The normalized spacial score (nSPS) is 17.3. The molecule has 2 aromatic rings. The summed E-state index contributed by atoms with van der Waals surface area (Å²) in [5, 5.41) is 0. The number of rotatable bonds is 7. The van der Waals surface area contributed by atoms with E-state index in [2.05, 4.69) is 35.2 Å². The number of benzene rings is 2. The Morgan fingerprint density at radius 2 is 2.00 bits per heavy atom. The monoisotopic (exact) mass is 380 g/mol. The summed E-state index contributed by atoms with van der Waals surface area (Å²) >= 11 is 0. The molecule has 2 aromatic carbocycles. The second-order valence-corrected chi connectivity index (χ2v) is 7.79. The Hall–Kier alpha value is -2.33. The van der Waals surface area contributed by atoms with Crippen molar-refractivity contribution in [1.29, 1.82) is 0 Å². The number of aryl methyl sites for hydroxylation is 2. The molecule has 150 valence electrons. The van der Waals surface area contributed by atoms with Gasteiger partial charge in [0.1, 0.15) is 5.75 Å². The molecule has 1 fully saturated rings. The molecule has 0 spiro atoms. The van der Waals surface area contributed by atoms with Crippen molar-refractivity contribution in [2.75, 3.05) is 33.8 Å². The summed E-state index contributed by atoms with van der Waals surface area (Å²) in [4.78, 5) is 17.4. The Kier molecular flexibility index (Phi) is 7.10. The first-order valence-electron chi connectivity index (χ1n) is 10.3. The van der Waals surface area contributed by atoms with Crippen LogP contribution in [0.15, 0.2) is 48.5 Å². The molecule has 0 bridgehead atoms. The summed E-state index contributed by atoms with van der Waals surface area (Å²) in [6.45, 7) is 5.17. The maximum Gasteiger partial charge on any atom is 0.254 e. The minimum absolute atomic E-state index is 0.0782. The fraction of sp³-hybridized carbons (Fsp3) is 0.458. The molecule has 1 heterocycles. The van der Waals surface area contributed by atoms with Crippen molar-refractivity contribution in [3.8, 4) is 5.75 Å². The first-order chi connectivity index (χ1) is 13.6. The predicted molar refractivity (Wildman–Crippen MR) is 114 cm³/mol. The summed E-state index contributed by atoms with van der Waals surface area (Å²) in [5.41, 5.74) is 3.15. The van der Waals surface area contributed by atoms with E-state index in [0.717, 1.165) is 56.6 Å². The lowest BCUT2D eigenvalue weighted by molar-refractivity contribution is 0.0616. The summed E-state index contributed by atoms with van der Waals surface area (Å²) in [6, 6.07) is 16.6. The van der Waals surface area contributed by atoms with Crippen LogP contribution in [0.4, 0.5) is 0 Å². The molecule has 0 aliphatic carbocycles. The molecule has 28 heavy (non-hydrogen) atoms.